The number of piperazine rings is 1. The zero-order valence-corrected chi connectivity index (χ0v) is 22.7. The SMILES string of the molecule is CC(C)C(CCCCCCCCCOCCN1CCN(C(=O)C(F)(F)F)CC1)(C(C)C)C(C)C. The van der Waals surface area contributed by atoms with E-state index in [4.69, 9.17) is 4.74 Å². The monoisotopic (exact) mass is 492 g/mol. The minimum atomic E-state index is -4.77. The molecule has 4 nitrogen and oxygen atoms in total. The summed E-state index contributed by atoms with van der Waals surface area (Å²) in [5.74, 6) is 0.431. The average Bonchev–Trinajstić information content (AvgIpc) is 2.75. The van der Waals surface area contributed by atoms with Crippen molar-refractivity contribution in [1.29, 1.82) is 0 Å². The van der Waals surface area contributed by atoms with Gasteiger partial charge in [-0.2, -0.15) is 13.2 Å². The molecule has 0 radical (unpaired) electrons. The third-order valence-electron chi connectivity index (χ3n) is 8.08. The third-order valence-corrected chi connectivity index (χ3v) is 8.08. The Balaban J connectivity index is 2.01. The Morgan fingerprint density at radius 2 is 1.21 bits per heavy atom. The van der Waals surface area contributed by atoms with Gasteiger partial charge in [0.15, 0.2) is 0 Å². The first-order valence-corrected chi connectivity index (χ1v) is 13.6. The number of carbonyl (C=O) groups excluding carboxylic acids is 1. The van der Waals surface area contributed by atoms with Crippen molar-refractivity contribution in [3.8, 4) is 0 Å². The van der Waals surface area contributed by atoms with Gasteiger partial charge >= 0.3 is 12.1 Å². The van der Waals surface area contributed by atoms with Crippen molar-refractivity contribution in [2.45, 2.75) is 99.1 Å². The predicted octanol–water partition coefficient (Wildman–Crippen LogP) is 6.78. The van der Waals surface area contributed by atoms with Crippen LogP contribution in [0.5, 0.6) is 0 Å². The van der Waals surface area contributed by atoms with Crippen LogP contribution < -0.4 is 0 Å². The summed E-state index contributed by atoms with van der Waals surface area (Å²) in [6.45, 7) is 17.6. The molecule has 0 aromatic carbocycles. The molecular weight excluding hydrogens is 441 g/mol. The fourth-order valence-corrected chi connectivity index (χ4v) is 6.03. The quantitative estimate of drug-likeness (QED) is 0.223. The van der Waals surface area contributed by atoms with E-state index in [-0.39, 0.29) is 13.1 Å². The lowest BCUT2D eigenvalue weighted by Crippen LogP contribution is -2.52. The van der Waals surface area contributed by atoms with Crippen molar-refractivity contribution in [3.63, 3.8) is 0 Å². The van der Waals surface area contributed by atoms with Crippen molar-refractivity contribution in [1.82, 2.24) is 9.80 Å². The topological polar surface area (TPSA) is 32.8 Å². The van der Waals surface area contributed by atoms with E-state index in [9.17, 15) is 18.0 Å². The predicted molar refractivity (Wildman–Crippen MR) is 134 cm³/mol. The maximum absolute atomic E-state index is 12.5. The van der Waals surface area contributed by atoms with Gasteiger partial charge in [-0.1, -0.05) is 80.1 Å². The number of hydrogen-bond donors (Lipinski definition) is 0. The Morgan fingerprint density at radius 3 is 1.68 bits per heavy atom. The number of ether oxygens (including phenoxy) is 1. The van der Waals surface area contributed by atoms with Crippen molar-refractivity contribution in [3.05, 3.63) is 0 Å². The number of unbranched alkanes of at least 4 members (excludes halogenated alkanes) is 6. The van der Waals surface area contributed by atoms with E-state index in [0.717, 1.165) is 35.7 Å². The summed E-state index contributed by atoms with van der Waals surface area (Å²) in [7, 11) is 0. The largest absolute Gasteiger partial charge is 0.471 e. The number of hydrogen-bond acceptors (Lipinski definition) is 3. The molecule has 1 aliphatic heterocycles. The minimum absolute atomic E-state index is 0.131. The van der Waals surface area contributed by atoms with E-state index in [1.807, 2.05) is 0 Å². The lowest BCUT2D eigenvalue weighted by Gasteiger charge is -2.45. The molecule has 0 N–H and O–H groups in total. The van der Waals surface area contributed by atoms with Gasteiger partial charge in [0.05, 0.1) is 6.61 Å². The minimum Gasteiger partial charge on any atom is -0.380 e. The molecule has 0 saturated carbocycles. The van der Waals surface area contributed by atoms with Crippen LogP contribution in [0, 0.1) is 23.2 Å². The second-order valence-corrected chi connectivity index (χ2v) is 11.0. The van der Waals surface area contributed by atoms with E-state index in [1.165, 1.54) is 44.9 Å². The van der Waals surface area contributed by atoms with Gasteiger partial charge in [-0.25, -0.2) is 0 Å². The van der Waals surface area contributed by atoms with Gasteiger partial charge in [-0.3, -0.25) is 9.69 Å². The molecule has 0 aromatic rings. The van der Waals surface area contributed by atoms with E-state index >= 15 is 0 Å². The molecule has 1 fully saturated rings. The summed E-state index contributed by atoms with van der Waals surface area (Å²) < 4.78 is 43.2. The molecule has 34 heavy (non-hydrogen) atoms. The van der Waals surface area contributed by atoms with Crippen LogP contribution in [0.15, 0.2) is 0 Å². The molecule has 1 saturated heterocycles. The van der Waals surface area contributed by atoms with Crippen molar-refractivity contribution in [2.75, 3.05) is 45.9 Å². The fourth-order valence-electron chi connectivity index (χ4n) is 6.03. The zero-order valence-electron chi connectivity index (χ0n) is 22.7. The highest BCUT2D eigenvalue weighted by Crippen LogP contribution is 2.47. The van der Waals surface area contributed by atoms with Crippen LogP contribution in [0.4, 0.5) is 13.2 Å². The molecule has 0 bridgehead atoms. The molecule has 0 atom stereocenters. The fraction of sp³-hybridized carbons (Fsp3) is 0.963. The Kier molecular flexibility index (Phi) is 14.1. The summed E-state index contributed by atoms with van der Waals surface area (Å²) in [6.07, 6.45) is 5.32. The van der Waals surface area contributed by atoms with E-state index in [1.54, 1.807) is 0 Å². The molecule has 1 amide bonds. The van der Waals surface area contributed by atoms with Crippen LogP contribution in [0.2, 0.25) is 0 Å². The molecule has 0 aromatic heterocycles. The van der Waals surface area contributed by atoms with Gasteiger partial charge in [0, 0.05) is 39.3 Å². The van der Waals surface area contributed by atoms with Gasteiger partial charge in [-0.05, 0) is 36.0 Å². The molecule has 1 aliphatic rings. The van der Waals surface area contributed by atoms with E-state index in [2.05, 4.69) is 46.4 Å². The Morgan fingerprint density at radius 1 is 0.735 bits per heavy atom. The van der Waals surface area contributed by atoms with E-state index in [0.29, 0.717) is 31.7 Å². The van der Waals surface area contributed by atoms with Gasteiger partial charge in [0.25, 0.3) is 0 Å². The zero-order chi connectivity index (χ0) is 25.8. The number of carbonyl (C=O) groups is 1. The summed E-state index contributed by atoms with van der Waals surface area (Å²) in [4.78, 5) is 14.2. The standard InChI is InChI=1S/C27H51F3N2O2/c1-22(2)26(23(3)4,24(5)6)14-12-10-8-7-9-11-13-20-34-21-19-31-15-17-32(18-16-31)25(33)27(28,29)30/h22-24H,7-21H2,1-6H3. The number of nitrogens with zero attached hydrogens (tertiary/aromatic N) is 2. The maximum Gasteiger partial charge on any atom is 0.471 e. The van der Waals surface area contributed by atoms with Crippen LogP contribution in [0.1, 0.15) is 92.9 Å². The Labute approximate surface area is 207 Å². The summed E-state index contributed by atoms with van der Waals surface area (Å²) >= 11 is 0. The van der Waals surface area contributed by atoms with Gasteiger partial charge in [0.2, 0.25) is 0 Å². The van der Waals surface area contributed by atoms with Crippen LogP contribution in [0.25, 0.3) is 0 Å². The Bertz CT molecular complexity index is 535. The highest BCUT2D eigenvalue weighted by molar-refractivity contribution is 5.81. The molecule has 1 heterocycles. The molecule has 7 heteroatoms. The number of alkyl halides is 3. The molecule has 1 rings (SSSR count). The molecular formula is C27H51F3N2O2. The smallest absolute Gasteiger partial charge is 0.380 e. The highest BCUT2D eigenvalue weighted by Gasteiger charge is 2.43. The van der Waals surface area contributed by atoms with Gasteiger partial charge in [0.1, 0.15) is 0 Å². The first-order chi connectivity index (χ1) is 15.9. The number of halogens is 3. The first kappa shape index (κ1) is 31.2. The lowest BCUT2D eigenvalue weighted by molar-refractivity contribution is -0.187. The second-order valence-electron chi connectivity index (χ2n) is 11.0. The van der Waals surface area contributed by atoms with Crippen molar-refractivity contribution in [2.24, 2.45) is 23.2 Å². The third kappa shape index (κ3) is 10.0. The van der Waals surface area contributed by atoms with Crippen LogP contribution in [-0.4, -0.2) is 67.8 Å². The second kappa shape index (κ2) is 15.3. The highest BCUT2D eigenvalue weighted by atomic mass is 19.4. The van der Waals surface area contributed by atoms with E-state index < -0.39 is 12.1 Å². The molecule has 202 valence electrons. The average molecular weight is 493 g/mol. The number of amides is 1. The van der Waals surface area contributed by atoms with Gasteiger partial charge < -0.3 is 9.64 Å². The number of rotatable bonds is 16. The summed E-state index contributed by atoms with van der Waals surface area (Å²) in [6, 6.07) is 0. The van der Waals surface area contributed by atoms with Crippen LogP contribution in [0.3, 0.4) is 0 Å². The van der Waals surface area contributed by atoms with Gasteiger partial charge in [-0.15, -0.1) is 0 Å². The molecule has 0 aliphatic carbocycles. The summed E-state index contributed by atoms with van der Waals surface area (Å²) in [5.41, 5.74) is 0.450. The first-order valence-electron chi connectivity index (χ1n) is 13.6. The lowest BCUT2D eigenvalue weighted by atomic mass is 9.60. The molecule has 0 unspecified atom stereocenters. The van der Waals surface area contributed by atoms with Crippen LogP contribution in [-0.2, 0) is 9.53 Å². The van der Waals surface area contributed by atoms with Crippen molar-refractivity contribution >= 4 is 5.91 Å². The normalized spacial score (nSPS) is 16.3. The maximum atomic E-state index is 12.5. The Hall–Kier alpha value is -0.820. The molecule has 0 spiro atoms. The van der Waals surface area contributed by atoms with Crippen LogP contribution >= 0.6 is 0 Å². The van der Waals surface area contributed by atoms with Crippen molar-refractivity contribution < 1.29 is 22.7 Å². The summed E-state index contributed by atoms with van der Waals surface area (Å²) in [5, 5.41) is 0.